The summed E-state index contributed by atoms with van der Waals surface area (Å²) < 4.78 is 1.21. The minimum absolute atomic E-state index is 0.0548. The molecule has 1 amide bonds. The molecular weight excluding hydrogens is 370 g/mol. The van der Waals surface area contributed by atoms with E-state index in [1.165, 1.54) is 9.58 Å². The van der Waals surface area contributed by atoms with Crippen LogP contribution in [0.1, 0.15) is 17.7 Å². The summed E-state index contributed by atoms with van der Waals surface area (Å²) in [5, 5.41) is 25.3. The van der Waals surface area contributed by atoms with E-state index in [2.05, 4.69) is 5.10 Å². The number of likely N-dealkylation sites (tertiary alicyclic amines) is 1. The summed E-state index contributed by atoms with van der Waals surface area (Å²) in [4.78, 5) is 27.1. The molecule has 0 radical (unpaired) electrons. The van der Waals surface area contributed by atoms with Crippen LogP contribution in [0.3, 0.4) is 0 Å². The van der Waals surface area contributed by atoms with Gasteiger partial charge in [-0.1, -0.05) is 48.5 Å². The van der Waals surface area contributed by atoms with Crippen molar-refractivity contribution in [1.82, 2.24) is 14.7 Å². The van der Waals surface area contributed by atoms with Gasteiger partial charge in [0.25, 0.3) is 5.56 Å². The highest BCUT2D eigenvalue weighted by molar-refractivity contribution is 5.84. The van der Waals surface area contributed by atoms with Crippen LogP contribution >= 0.6 is 0 Å². The molecule has 2 heterocycles. The van der Waals surface area contributed by atoms with Gasteiger partial charge in [0.05, 0.1) is 23.3 Å². The highest BCUT2D eigenvalue weighted by atomic mass is 16.3. The van der Waals surface area contributed by atoms with Gasteiger partial charge in [0.2, 0.25) is 5.91 Å². The molecule has 7 heteroatoms. The Morgan fingerprint density at radius 3 is 2.41 bits per heavy atom. The Balaban J connectivity index is 1.66. The van der Waals surface area contributed by atoms with E-state index in [1.54, 1.807) is 12.1 Å². The van der Waals surface area contributed by atoms with E-state index in [0.717, 1.165) is 16.6 Å². The van der Waals surface area contributed by atoms with Crippen molar-refractivity contribution in [3.8, 4) is 0 Å². The minimum Gasteiger partial charge on any atom is -0.390 e. The summed E-state index contributed by atoms with van der Waals surface area (Å²) in [5.41, 5.74) is 1.48. The molecule has 1 saturated heterocycles. The van der Waals surface area contributed by atoms with Crippen LogP contribution in [0, 0.1) is 0 Å². The van der Waals surface area contributed by atoms with Gasteiger partial charge >= 0.3 is 0 Å². The van der Waals surface area contributed by atoms with Gasteiger partial charge < -0.3 is 15.1 Å². The molecule has 2 aromatic carbocycles. The fourth-order valence-electron chi connectivity index (χ4n) is 3.71. The standard InChI is InChI=1S/C22H23N3O4/c26-19-10-11-24(13-20(19)27)21(28)14-25-22(29)17-9-5-4-8-16(17)18(23-25)12-15-6-2-1-3-7-15/h1-9,19-20,26-27H,10-14H2/t19-,20-/m1/s1. The molecule has 1 aromatic heterocycles. The summed E-state index contributed by atoms with van der Waals surface area (Å²) >= 11 is 0. The molecule has 4 rings (SSSR count). The maximum atomic E-state index is 12.9. The SMILES string of the molecule is O=C(Cn1nc(Cc2ccccc2)c2ccccc2c1=O)N1CC[C@@H](O)[C@H](O)C1. The molecule has 150 valence electrons. The van der Waals surface area contributed by atoms with E-state index in [1.807, 2.05) is 42.5 Å². The number of fused-ring (bicyclic) bond motifs is 1. The molecule has 1 aliphatic heterocycles. The average Bonchev–Trinajstić information content (AvgIpc) is 2.74. The third kappa shape index (κ3) is 4.06. The maximum absolute atomic E-state index is 12.9. The number of aliphatic hydroxyl groups excluding tert-OH is 2. The first-order valence-corrected chi connectivity index (χ1v) is 9.69. The molecule has 0 saturated carbocycles. The second kappa shape index (κ2) is 8.14. The lowest BCUT2D eigenvalue weighted by Gasteiger charge is -2.33. The Labute approximate surface area is 167 Å². The Kier molecular flexibility index (Phi) is 5.42. The van der Waals surface area contributed by atoms with Crippen molar-refractivity contribution in [3.05, 3.63) is 76.2 Å². The van der Waals surface area contributed by atoms with Crippen LogP contribution in [-0.2, 0) is 17.8 Å². The second-order valence-electron chi connectivity index (χ2n) is 7.38. The van der Waals surface area contributed by atoms with E-state index in [-0.39, 0.29) is 24.6 Å². The quantitative estimate of drug-likeness (QED) is 0.688. The van der Waals surface area contributed by atoms with E-state index < -0.39 is 12.2 Å². The van der Waals surface area contributed by atoms with Gasteiger partial charge in [-0.25, -0.2) is 4.68 Å². The summed E-state index contributed by atoms with van der Waals surface area (Å²) in [6.45, 7) is 0.198. The lowest BCUT2D eigenvalue weighted by atomic mass is 10.0. The molecule has 2 atom stereocenters. The number of carbonyl (C=O) groups excluding carboxylic acids is 1. The molecule has 1 aliphatic rings. The van der Waals surface area contributed by atoms with E-state index in [9.17, 15) is 19.8 Å². The number of carbonyl (C=O) groups is 1. The predicted octanol–water partition coefficient (Wildman–Crippen LogP) is 0.941. The molecule has 2 N–H and O–H groups in total. The molecular formula is C22H23N3O4. The van der Waals surface area contributed by atoms with E-state index >= 15 is 0 Å². The molecule has 0 spiro atoms. The fraction of sp³-hybridized carbons (Fsp3) is 0.318. The van der Waals surface area contributed by atoms with Crippen molar-refractivity contribution in [1.29, 1.82) is 0 Å². The van der Waals surface area contributed by atoms with Crippen LogP contribution in [0.2, 0.25) is 0 Å². The van der Waals surface area contributed by atoms with Crippen molar-refractivity contribution in [2.24, 2.45) is 0 Å². The van der Waals surface area contributed by atoms with Crippen molar-refractivity contribution >= 4 is 16.7 Å². The first-order chi connectivity index (χ1) is 14.0. The van der Waals surface area contributed by atoms with Gasteiger partial charge in [-0.05, 0) is 18.1 Å². The smallest absolute Gasteiger partial charge is 0.275 e. The summed E-state index contributed by atoms with van der Waals surface area (Å²) in [5.74, 6) is -0.300. The van der Waals surface area contributed by atoms with Gasteiger partial charge in [0.15, 0.2) is 0 Å². The normalized spacial score (nSPS) is 19.4. The van der Waals surface area contributed by atoms with Crippen LogP contribution < -0.4 is 5.56 Å². The third-order valence-electron chi connectivity index (χ3n) is 5.34. The molecule has 0 unspecified atom stereocenters. The van der Waals surface area contributed by atoms with Crippen molar-refractivity contribution in [2.75, 3.05) is 13.1 Å². The zero-order chi connectivity index (χ0) is 20.4. The molecule has 0 bridgehead atoms. The first-order valence-electron chi connectivity index (χ1n) is 9.69. The van der Waals surface area contributed by atoms with Crippen molar-refractivity contribution in [2.45, 2.75) is 31.6 Å². The lowest BCUT2D eigenvalue weighted by molar-refractivity contribution is -0.138. The Morgan fingerprint density at radius 1 is 1.00 bits per heavy atom. The van der Waals surface area contributed by atoms with E-state index in [0.29, 0.717) is 24.8 Å². The number of nitrogens with zero attached hydrogens (tertiary/aromatic N) is 3. The lowest BCUT2D eigenvalue weighted by Crippen LogP contribution is -2.50. The van der Waals surface area contributed by atoms with Crippen LogP contribution in [0.25, 0.3) is 10.8 Å². The average molecular weight is 393 g/mol. The predicted molar refractivity (Wildman–Crippen MR) is 108 cm³/mol. The van der Waals surface area contributed by atoms with Gasteiger partial charge in [-0.2, -0.15) is 5.10 Å². The highest BCUT2D eigenvalue weighted by Gasteiger charge is 2.29. The van der Waals surface area contributed by atoms with Crippen LogP contribution in [0.4, 0.5) is 0 Å². The summed E-state index contributed by atoms with van der Waals surface area (Å²) in [7, 11) is 0. The van der Waals surface area contributed by atoms with Crippen LogP contribution in [-0.4, -0.2) is 56.1 Å². The Hall–Kier alpha value is -3.03. The van der Waals surface area contributed by atoms with Crippen LogP contribution in [0.5, 0.6) is 0 Å². The molecule has 3 aromatic rings. The van der Waals surface area contributed by atoms with Crippen LogP contribution in [0.15, 0.2) is 59.4 Å². The molecule has 7 nitrogen and oxygen atoms in total. The summed E-state index contributed by atoms with van der Waals surface area (Å²) in [6.07, 6.45) is -0.933. The molecule has 29 heavy (non-hydrogen) atoms. The van der Waals surface area contributed by atoms with Gasteiger partial charge in [0, 0.05) is 24.9 Å². The number of piperidine rings is 1. The summed E-state index contributed by atoms with van der Waals surface area (Å²) in [6, 6.07) is 17.1. The number of rotatable bonds is 4. The monoisotopic (exact) mass is 393 g/mol. The number of aliphatic hydroxyl groups is 2. The molecule has 0 aliphatic carbocycles. The number of aromatic nitrogens is 2. The number of β-amino-alcohol motifs (C(OH)–C–C–N with tert-alkyl or cyclic N) is 1. The minimum atomic E-state index is -0.970. The largest absolute Gasteiger partial charge is 0.390 e. The van der Waals surface area contributed by atoms with Gasteiger partial charge in [-0.15, -0.1) is 0 Å². The zero-order valence-electron chi connectivity index (χ0n) is 15.9. The maximum Gasteiger partial charge on any atom is 0.275 e. The zero-order valence-corrected chi connectivity index (χ0v) is 15.9. The topological polar surface area (TPSA) is 95.7 Å². The molecule has 1 fully saturated rings. The van der Waals surface area contributed by atoms with Gasteiger partial charge in [-0.3, -0.25) is 9.59 Å². The Bertz CT molecular complexity index is 1080. The third-order valence-corrected chi connectivity index (χ3v) is 5.34. The highest BCUT2D eigenvalue weighted by Crippen LogP contribution is 2.17. The Morgan fingerprint density at radius 2 is 1.69 bits per heavy atom. The van der Waals surface area contributed by atoms with Crippen molar-refractivity contribution in [3.63, 3.8) is 0 Å². The number of hydrogen-bond acceptors (Lipinski definition) is 5. The first kappa shape index (κ1) is 19.3. The van der Waals surface area contributed by atoms with Crippen molar-refractivity contribution < 1.29 is 15.0 Å². The van der Waals surface area contributed by atoms with Gasteiger partial charge in [0.1, 0.15) is 6.54 Å². The number of hydrogen-bond donors (Lipinski definition) is 2. The number of benzene rings is 2. The van der Waals surface area contributed by atoms with E-state index in [4.69, 9.17) is 0 Å². The number of amides is 1. The second-order valence-corrected chi connectivity index (χ2v) is 7.38. The fourth-order valence-corrected chi connectivity index (χ4v) is 3.71.